The number of aliphatic hydroxyl groups excluding tert-OH is 1. The SMILES string of the molecule is CCCCCCCCCCCCCC/C=C\CCCCCCCCCCCCCCCCCCCC(=O)NC(COP(=O)([O-])OCC[N+](C)(C)C)C(O)CCCCCCCCCCCCC. The summed E-state index contributed by atoms with van der Waals surface area (Å²) in [5.41, 5.74) is 0. The van der Waals surface area contributed by atoms with Crippen molar-refractivity contribution < 1.29 is 32.9 Å². The van der Waals surface area contributed by atoms with Crippen LogP contribution in [-0.4, -0.2) is 68.5 Å². The molecule has 8 nitrogen and oxygen atoms in total. The van der Waals surface area contributed by atoms with Crippen LogP contribution in [0.3, 0.4) is 0 Å². The fourth-order valence-electron chi connectivity index (χ4n) is 8.92. The molecule has 0 saturated heterocycles. The zero-order valence-corrected chi connectivity index (χ0v) is 45.8. The molecule has 0 aliphatic rings. The second-order valence-corrected chi connectivity index (χ2v) is 22.8. The standard InChI is InChI=1S/C57H115N2O6P/c1-6-8-10-12-14-16-18-19-20-21-22-23-24-25-26-27-28-29-30-31-32-33-34-35-36-37-38-39-41-43-45-47-49-51-57(61)58-55(54-65-66(62,63)64-53-52-59(3,4)5)56(60)50-48-46-44-42-40-17-15-13-11-9-7-2/h25-26,55-56,60H,6-24,27-54H2,1-5H3,(H-,58,61,62,63)/b26-25-. The lowest BCUT2D eigenvalue weighted by atomic mass is 10.0. The van der Waals surface area contributed by atoms with Gasteiger partial charge in [-0.2, -0.15) is 0 Å². The van der Waals surface area contributed by atoms with Gasteiger partial charge >= 0.3 is 0 Å². The number of carbonyl (C=O) groups is 1. The third-order valence-electron chi connectivity index (χ3n) is 13.5. The molecular formula is C57H115N2O6P. The maximum atomic E-state index is 12.9. The topological polar surface area (TPSA) is 108 Å². The number of unbranched alkanes of at least 4 members (excludes halogenated alkanes) is 39. The van der Waals surface area contributed by atoms with Crippen LogP contribution < -0.4 is 10.2 Å². The van der Waals surface area contributed by atoms with Gasteiger partial charge in [0.05, 0.1) is 39.9 Å². The molecule has 0 bridgehead atoms. The minimum absolute atomic E-state index is 0.0150. The minimum Gasteiger partial charge on any atom is -0.756 e. The molecule has 0 heterocycles. The third-order valence-corrected chi connectivity index (χ3v) is 14.5. The van der Waals surface area contributed by atoms with Gasteiger partial charge in [-0.1, -0.05) is 264 Å². The summed E-state index contributed by atoms with van der Waals surface area (Å²) in [6.07, 6.45) is 59.8. The molecule has 66 heavy (non-hydrogen) atoms. The van der Waals surface area contributed by atoms with Crippen molar-refractivity contribution >= 4 is 13.7 Å². The maximum Gasteiger partial charge on any atom is 0.268 e. The van der Waals surface area contributed by atoms with E-state index in [9.17, 15) is 19.4 Å². The number of amides is 1. The first-order valence-electron chi connectivity index (χ1n) is 29.0. The molecule has 1 amide bonds. The highest BCUT2D eigenvalue weighted by Crippen LogP contribution is 2.38. The van der Waals surface area contributed by atoms with Gasteiger partial charge in [0.1, 0.15) is 13.2 Å². The lowest BCUT2D eigenvalue weighted by molar-refractivity contribution is -0.870. The van der Waals surface area contributed by atoms with Gasteiger partial charge < -0.3 is 28.8 Å². The number of likely N-dealkylation sites (N-methyl/N-ethyl adjacent to an activating group) is 1. The summed E-state index contributed by atoms with van der Waals surface area (Å²) in [6.45, 7) is 4.74. The van der Waals surface area contributed by atoms with Crippen LogP contribution >= 0.6 is 7.82 Å². The number of phosphoric ester groups is 1. The Morgan fingerprint density at radius 3 is 1.18 bits per heavy atom. The van der Waals surface area contributed by atoms with E-state index in [-0.39, 0.29) is 19.1 Å². The summed E-state index contributed by atoms with van der Waals surface area (Å²) in [6, 6.07) is -0.795. The Labute approximate surface area is 412 Å². The van der Waals surface area contributed by atoms with E-state index >= 15 is 0 Å². The lowest BCUT2D eigenvalue weighted by Crippen LogP contribution is -2.46. The number of aliphatic hydroxyl groups is 1. The van der Waals surface area contributed by atoms with E-state index in [4.69, 9.17) is 9.05 Å². The third kappa shape index (κ3) is 51.1. The van der Waals surface area contributed by atoms with Crippen molar-refractivity contribution in [3.05, 3.63) is 12.2 Å². The summed E-state index contributed by atoms with van der Waals surface area (Å²) in [7, 11) is 1.32. The number of quaternary nitrogens is 1. The Morgan fingerprint density at radius 1 is 0.515 bits per heavy atom. The van der Waals surface area contributed by atoms with Crippen LogP contribution in [0, 0.1) is 0 Å². The average Bonchev–Trinajstić information content (AvgIpc) is 3.28. The normalized spacial score (nSPS) is 14.0. The Bertz CT molecular complexity index is 1080. The molecule has 9 heteroatoms. The highest BCUT2D eigenvalue weighted by molar-refractivity contribution is 7.45. The van der Waals surface area contributed by atoms with Gasteiger partial charge in [0.25, 0.3) is 7.82 Å². The van der Waals surface area contributed by atoms with Crippen LogP contribution in [0.2, 0.25) is 0 Å². The lowest BCUT2D eigenvalue weighted by Gasteiger charge is -2.30. The van der Waals surface area contributed by atoms with Gasteiger partial charge in [-0.3, -0.25) is 9.36 Å². The first-order valence-corrected chi connectivity index (χ1v) is 30.5. The highest BCUT2D eigenvalue weighted by atomic mass is 31.2. The second-order valence-electron chi connectivity index (χ2n) is 21.4. The summed E-state index contributed by atoms with van der Waals surface area (Å²) in [4.78, 5) is 25.4. The van der Waals surface area contributed by atoms with E-state index in [0.717, 1.165) is 38.5 Å². The molecule has 0 saturated carbocycles. The number of carbonyl (C=O) groups excluding carboxylic acids is 1. The van der Waals surface area contributed by atoms with Gasteiger partial charge in [0.15, 0.2) is 0 Å². The monoisotopic (exact) mass is 955 g/mol. The van der Waals surface area contributed by atoms with Gasteiger partial charge in [-0.05, 0) is 38.5 Å². The first kappa shape index (κ1) is 65.2. The molecule has 0 aliphatic carbocycles. The molecular weight excluding hydrogens is 840 g/mol. The minimum atomic E-state index is -4.56. The van der Waals surface area contributed by atoms with Gasteiger partial charge in [-0.25, -0.2) is 0 Å². The van der Waals surface area contributed by atoms with E-state index in [1.54, 1.807) is 0 Å². The summed E-state index contributed by atoms with van der Waals surface area (Å²) in [5.74, 6) is -0.160. The molecule has 0 spiro atoms. The Kier molecular flexibility index (Phi) is 48.7. The Balaban J connectivity index is 3.91. The van der Waals surface area contributed by atoms with Gasteiger partial charge in [-0.15, -0.1) is 0 Å². The zero-order valence-electron chi connectivity index (χ0n) is 44.9. The number of allylic oxidation sites excluding steroid dienone is 2. The van der Waals surface area contributed by atoms with E-state index in [1.165, 1.54) is 231 Å². The van der Waals surface area contributed by atoms with Crippen molar-refractivity contribution in [2.24, 2.45) is 0 Å². The molecule has 3 atom stereocenters. The van der Waals surface area contributed by atoms with Crippen LogP contribution in [0.1, 0.15) is 296 Å². The molecule has 0 aromatic carbocycles. The van der Waals surface area contributed by atoms with Crippen molar-refractivity contribution in [3.8, 4) is 0 Å². The number of nitrogens with zero attached hydrogens (tertiary/aromatic N) is 1. The van der Waals surface area contributed by atoms with E-state index in [0.29, 0.717) is 23.9 Å². The summed E-state index contributed by atoms with van der Waals surface area (Å²) >= 11 is 0. The van der Waals surface area contributed by atoms with Crippen molar-refractivity contribution in [1.82, 2.24) is 5.32 Å². The fourth-order valence-corrected chi connectivity index (χ4v) is 9.64. The largest absolute Gasteiger partial charge is 0.756 e. The van der Waals surface area contributed by atoms with E-state index in [2.05, 4.69) is 31.3 Å². The summed E-state index contributed by atoms with van der Waals surface area (Å²) < 4.78 is 23.3. The summed E-state index contributed by atoms with van der Waals surface area (Å²) in [5, 5.41) is 13.9. The molecule has 0 fully saturated rings. The molecule has 2 N–H and O–H groups in total. The van der Waals surface area contributed by atoms with Crippen LogP contribution in [0.15, 0.2) is 12.2 Å². The molecule has 0 radical (unpaired) electrons. The van der Waals surface area contributed by atoms with Crippen molar-refractivity contribution in [3.63, 3.8) is 0 Å². The van der Waals surface area contributed by atoms with Crippen LogP contribution in [-0.2, 0) is 18.4 Å². The molecule has 0 aliphatic heterocycles. The van der Waals surface area contributed by atoms with E-state index < -0.39 is 20.0 Å². The second kappa shape index (κ2) is 49.2. The number of phosphoric acid groups is 1. The molecule has 3 unspecified atom stereocenters. The molecule has 394 valence electrons. The van der Waals surface area contributed by atoms with Gasteiger partial charge in [0, 0.05) is 6.42 Å². The van der Waals surface area contributed by atoms with Crippen molar-refractivity contribution in [1.29, 1.82) is 0 Å². The van der Waals surface area contributed by atoms with Crippen LogP contribution in [0.5, 0.6) is 0 Å². The Hall–Kier alpha value is -0.760. The highest BCUT2D eigenvalue weighted by Gasteiger charge is 2.24. The first-order chi connectivity index (χ1) is 32.0. The van der Waals surface area contributed by atoms with Crippen LogP contribution in [0.4, 0.5) is 0 Å². The Morgan fingerprint density at radius 2 is 0.833 bits per heavy atom. The number of hydrogen-bond acceptors (Lipinski definition) is 6. The van der Waals surface area contributed by atoms with Crippen LogP contribution in [0.25, 0.3) is 0 Å². The number of rotatable bonds is 54. The molecule has 0 aromatic rings. The van der Waals surface area contributed by atoms with Crippen molar-refractivity contribution in [2.45, 2.75) is 309 Å². The predicted octanol–water partition coefficient (Wildman–Crippen LogP) is 16.8. The fraction of sp³-hybridized carbons (Fsp3) is 0.947. The van der Waals surface area contributed by atoms with Crippen molar-refractivity contribution in [2.75, 3.05) is 40.9 Å². The average molecular weight is 956 g/mol. The maximum absolute atomic E-state index is 12.9. The molecule has 0 aromatic heterocycles. The number of nitrogens with one attached hydrogen (secondary N) is 1. The quantitative estimate of drug-likeness (QED) is 0.0272. The predicted molar refractivity (Wildman–Crippen MR) is 284 cm³/mol. The smallest absolute Gasteiger partial charge is 0.268 e. The zero-order chi connectivity index (χ0) is 48.5. The number of hydrogen-bond donors (Lipinski definition) is 2. The molecule has 0 rings (SSSR count). The van der Waals surface area contributed by atoms with Gasteiger partial charge in [0.2, 0.25) is 5.91 Å². The van der Waals surface area contributed by atoms with E-state index in [1.807, 2.05) is 21.1 Å².